The van der Waals surface area contributed by atoms with Gasteiger partial charge in [-0.05, 0) is 25.0 Å². The molecule has 0 aliphatic heterocycles. The maximum atomic E-state index is 11.8. The number of carbonyl (C=O) groups is 3. The number of rotatable bonds is 7. The van der Waals surface area contributed by atoms with E-state index in [2.05, 4.69) is 10.1 Å². The molecule has 1 aromatic carbocycles. The molecule has 0 aliphatic rings. The molecular weight excluding hydrogens is 288 g/mol. The Kier molecular flexibility index (Phi) is 6.88. The Morgan fingerprint density at radius 1 is 1.27 bits per heavy atom. The standard InChI is InChI=1S/C15H20N2O5/c1-10-5-3-6-11(14(10)16)15(20)22-9-12(18)17-8-4-7-13(19)21-2/h3,5-6H,4,7-9,16H2,1-2H3,(H,17,18). The molecule has 0 saturated heterocycles. The predicted octanol–water partition coefficient (Wildman–Crippen LogP) is 0.803. The molecule has 0 spiro atoms. The van der Waals surface area contributed by atoms with Crippen LogP contribution in [0.15, 0.2) is 18.2 Å². The lowest BCUT2D eigenvalue weighted by Crippen LogP contribution is -2.30. The zero-order chi connectivity index (χ0) is 16.5. The Labute approximate surface area is 128 Å². The highest BCUT2D eigenvalue weighted by atomic mass is 16.5. The van der Waals surface area contributed by atoms with E-state index >= 15 is 0 Å². The second-order valence-electron chi connectivity index (χ2n) is 4.64. The Balaban J connectivity index is 2.33. The molecule has 0 saturated carbocycles. The highest BCUT2D eigenvalue weighted by Gasteiger charge is 2.14. The van der Waals surface area contributed by atoms with Gasteiger partial charge >= 0.3 is 11.9 Å². The van der Waals surface area contributed by atoms with Crippen LogP contribution in [0.5, 0.6) is 0 Å². The minimum Gasteiger partial charge on any atom is -0.469 e. The summed E-state index contributed by atoms with van der Waals surface area (Å²) in [5.41, 5.74) is 7.12. The van der Waals surface area contributed by atoms with Gasteiger partial charge in [0.2, 0.25) is 0 Å². The Morgan fingerprint density at radius 3 is 2.68 bits per heavy atom. The topological polar surface area (TPSA) is 108 Å². The fraction of sp³-hybridized carbons (Fsp3) is 0.400. The van der Waals surface area contributed by atoms with Gasteiger partial charge in [-0.25, -0.2) is 4.79 Å². The average Bonchev–Trinajstić information content (AvgIpc) is 2.51. The Bertz CT molecular complexity index is 557. The molecule has 0 unspecified atom stereocenters. The molecule has 1 aromatic rings. The summed E-state index contributed by atoms with van der Waals surface area (Å²) >= 11 is 0. The smallest absolute Gasteiger partial charge is 0.340 e. The molecule has 0 radical (unpaired) electrons. The van der Waals surface area contributed by atoms with Gasteiger partial charge < -0.3 is 20.5 Å². The summed E-state index contributed by atoms with van der Waals surface area (Å²) in [6.45, 7) is 1.68. The molecule has 7 nitrogen and oxygen atoms in total. The van der Waals surface area contributed by atoms with Crippen LogP contribution >= 0.6 is 0 Å². The summed E-state index contributed by atoms with van der Waals surface area (Å²) in [5.74, 6) is -1.43. The van der Waals surface area contributed by atoms with Crippen molar-refractivity contribution in [3.8, 4) is 0 Å². The van der Waals surface area contributed by atoms with E-state index in [1.165, 1.54) is 7.11 Å². The molecule has 0 heterocycles. The summed E-state index contributed by atoms with van der Waals surface area (Å²) < 4.78 is 9.38. The lowest BCUT2D eigenvalue weighted by atomic mass is 10.1. The van der Waals surface area contributed by atoms with Gasteiger partial charge in [-0.3, -0.25) is 9.59 Å². The highest BCUT2D eigenvalue weighted by molar-refractivity contribution is 5.96. The van der Waals surface area contributed by atoms with Crippen molar-refractivity contribution in [2.24, 2.45) is 0 Å². The number of nitrogens with two attached hydrogens (primary N) is 1. The van der Waals surface area contributed by atoms with E-state index in [4.69, 9.17) is 10.5 Å². The van der Waals surface area contributed by atoms with Crippen LogP contribution < -0.4 is 11.1 Å². The number of nitrogens with one attached hydrogen (secondary N) is 1. The predicted molar refractivity (Wildman–Crippen MR) is 80.1 cm³/mol. The summed E-state index contributed by atoms with van der Waals surface area (Å²) in [4.78, 5) is 34.2. The van der Waals surface area contributed by atoms with Gasteiger partial charge in [-0.15, -0.1) is 0 Å². The first-order valence-electron chi connectivity index (χ1n) is 6.81. The van der Waals surface area contributed by atoms with E-state index in [0.717, 1.165) is 5.56 Å². The number of para-hydroxylation sites is 1. The molecule has 0 atom stereocenters. The zero-order valence-corrected chi connectivity index (χ0v) is 12.7. The molecule has 1 amide bonds. The van der Waals surface area contributed by atoms with Gasteiger partial charge in [0.15, 0.2) is 6.61 Å². The fourth-order valence-corrected chi connectivity index (χ4v) is 1.68. The van der Waals surface area contributed by atoms with E-state index in [0.29, 0.717) is 18.7 Å². The molecule has 0 aliphatic carbocycles. The van der Waals surface area contributed by atoms with Crippen molar-refractivity contribution in [1.29, 1.82) is 0 Å². The van der Waals surface area contributed by atoms with E-state index < -0.39 is 18.5 Å². The molecular formula is C15H20N2O5. The largest absolute Gasteiger partial charge is 0.469 e. The molecule has 0 bridgehead atoms. The lowest BCUT2D eigenvalue weighted by molar-refractivity contribution is -0.140. The van der Waals surface area contributed by atoms with Gasteiger partial charge in [0.05, 0.1) is 12.7 Å². The molecule has 0 fully saturated rings. The van der Waals surface area contributed by atoms with Crippen LogP contribution in [0.1, 0.15) is 28.8 Å². The average molecular weight is 308 g/mol. The Hall–Kier alpha value is -2.57. The summed E-state index contributed by atoms with van der Waals surface area (Å²) in [6, 6.07) is 5.01. The minimum atomic E-state index is -0.647. The van der Waals surface area contributed by atoms with Crippen LogP contribution in [0.2, 0.25) is 0 Å². The molecule has 0 aromatic heterocycles. The molecule has 120 valence electrons. The first-order chi connectivity index (χ1) is 10.5. The normalized spacial score (nSPS) is 9.91. The monoisotopic (exact) mass is 308 g/mol. The van der Waals surface area contributed by atoms with E-state index in [-0.39, 0.29) is 18.0 Å². The van der Waals surface area contributed by atoms with E-state index in [1.54, 1.807) is 25.1 Å². The van der Waals surface area contributed by atoms with Crippen LogP contribution in [0.25, 0.3) is 0 Å². The Morgan fingerprint density at radius 2 is 2.00 bits per heavy atom. The van der Waals surface area contributed by atoms with Crippen LogP contribution in [-0.4, -0.2) is 38.1 Å². The third kappa shape index (κ3) is 5.43. The number of nitrogen functional groups attached to an aromatic ring is 1. The molecule has 3 N–H and O–H groups in total. The van der Waals surface area contributed by atoms with Crippen molar-refractivity contribution >= 4 is 23.5 Å². The van der Waals surface area contributed by atoms with Crippen molar-refractivity contribution in [3.63, 3.8) is 0 Å². The van der Waals surface area contributed by atoms with Crippen molar-refractivity contribution in [2.45, 2.75) is 19.8 Å². The van der Waals surface area contributed by atoms with Crippen LogP contribution in [-0.2, 0) is 19.1 Å². The van der Waals surface area contributed by atoms with E-state index in [9.17, 15) is 14.4 Å². The number of amides is 1. The maximum absolute atomic E-state index is 11.8. The number of anilines is 1. The lowest BCUT2D eigenvalue weighted by Gasteiger charge is -2.09. The zero-order valence-electron chi connectivity index (χ0n) is 12.7. The van der Waals surface area contributed by atoms with E-state index in [1.807, 2.05) is 0 Å². The fourth-order valence-electron chi connectivity index (χ4n) is 1.68. The number of esters is 2. The first-order valence-corrected chi connectivity index (χ1v) is 6.81. The quantitative estimate of drug-likeness (QED) is 0.438. The second kappa shape index (κ2) is 8.66. The van der Waals surface area contributed by atoms with Gasteiger partial charge in [0.25, 0.3) is 5.91 Å². The molecule has 7 heteroatoms. The SMILES string of the molecule is COC(=O)CCCNC(=O)COC(=O)c1cccc(C)c1N. The number of hydrogen-bond donors (Lipinski definition) is 2. The second-order valence-corrected chi connectivity index (χ2v) is 4.64. The third-order valence-corrected chi connectivity index (χ3v) is 2.99. The van der Waals surface area contributed by atoms with Crippen LogP contribution in [0.4, 0.5) is 5.69 Å². The number of benzene rings is 1. The van der Waals surface area contributed by atoms with Crippen molar-refractivity contribution < 1.29 is 23.9 Å². The summed E-state index contributed by atoms with van der Waals surface area (Å²) in [5, 5.41) is 2.54. The van der Waals surface area contributed by atoms with Gasteiger partial charge in [0.1, 0.15) is 0 Å². The highest BCUT2D eigenvalue weighted by Crippen LogP contribution is 2.17. The van der Waals surface area contributed by atoms with Crippen LogP contribution in [0.3, 0.4) is 0 Å². The molecule has 22 heavy (non-hydrogen) atoms. The van der Waals surface area contributed by atoms with Gasteiger partial charge in [-0.1, -0.05) is 12.1 Å². The van der Waals surface area contributed by atoms with Crippen molar-refractivity contribution in [1.82, 2.24) is 5.32 Å². The number of hydrogen-bond acceptors (Lipinski definition) is 6. The number of ether oxygens (including phenoxy) is 2. The van der Waals surface area contributed by atoms with Crippen molar-refractivity contribution in [3.05, 3.63) is 29.3 Å². The van der Waals surface area contributed by atoms with Gasteiger partial charge in [-0.2, -0.15) is 0 Å². The maximum Gasteiger partial charge on any atom is 0.340 e. The third-order valence-electron chi connectivity index (χ3n) is 2.99. The van der Waals surface area contributed by atoms with Crippen molar-refractivity contribution in [2.75, 3.05) is 26.0 Å². The summed E-state index contributed by atoms with van der Waals surface area (Å²) in [6.07, 6.45) is 0.674. The number of carbonyl (C=O) groups excluding carboxylic acids is 3. The van der Waals surface area contributed by atoms with Crippen LogP contribution in [0, 0.1) is 6.92 Å². The first kappa shape index (κ1) is 17.5. The molecule has 1 rings (SSSR count). The minimum absolute atomic E-state index is 0.219. The van der Waals surface area contributed by atoms with Gasteiger partial charge in [0, 0.05) is 18.7 Å². The number of aryl methyl sites for hydroxylation is 1. The number of methoxy groups -OCH3 is 1. The summed E-state index contributed by atoms with van der Waals surface area (Å²) in [7, 11) is 1.30.